The van der Waals surface area contributed by atoms with Gasteiger partial charge in [0.2, 0.25) is 0 Å². The zero-order valence-corrected chi connectivity index (χ0v) is 12.6. The molecule has 2 aromatic heterocycles. The van der Waals surface area contributed by atoms with Crippen LogP contribution in [0.3, 0.4) is 0 Å². The van der Waals surface area contributed by atoms with E-state index in [9.17, 15) is 0 Å². The zero-order valence-electron chi connectivity index (χ0n) is 11.8. The summed E-state index contributed by atoms with van der Waals surface area (Å²) in [6, 6.07) is 4.39. The minimum atomic E-state index is 0.336. The summed E-state index contributed by atoms with van der Waals surface area (Å²) in [5.41, 5.74) is 0.963. The molecule has 2 aromatic rings. The van der Waals surface area contributed by atoms with Crippen molar-refractivity contribution >= 4 is 17.2 Å². The summed E-state index contributed by atoms with van der Waals surface area (Å²) in [6.07, 6.45) is 1.86. The monoisotopic (exact) mass is 289 g/mol. The second-order valence-electron chi connectivity index (χ2n) is 5.30. The number of anilines is 1. The highest BCUT2D eigenvalue weighted by Gasteiger charge is 2.28. The van der Waals surface area contributed by atoms with Gasteiger partial charge in [-0.1, -0.05) is 0 Å². The van der Waals surface area contributed by atoms with E-state index in [1.54, 1.807) is 11.3 Å². The Morgan fingerprint density at radius 1 is 1.40 bits per heavy atom. The first-order valence-electron chi connectivity index (χ1n) is 6.90. The SMILES string of the molecule is Cc1ccc(N2CC(CNC(C)c3nccs3)C2)nn1. The molecule has 0 aliphatic carbocycles. The molecule has 1 fully saturated rings. The summed E-state index contributed by atoms with van der Waals surface area (Å²) in [4.78, 5) is 6.61. The molecule has 6 heteroatoms. The van der Waals surface area contributed by atoms with Gasteiger partial charge >= 0.3 is 0 Å². The summed E-state index contributed by atoms with van der Waals surface area (Å²) < 4.78 is 0. The van der Waals surface area contributed by atoms with Gasteiger partial charge in [0.05, 0.1) is 11.7 Å². The van der Waals surface area contributed by atoms with E-state index in [-0.39, 0.29) is 0 Å². The molecule has 1 saturated heterocycles. The van der Waals surface area contributed by atoms with E-state index < -0.39 is 0 Å². The standard InChI is InChI=1S/C14H19N5S/c1-10-3-4-13(18-17-10)19-8-12(9-19)7-16-11(2)14-15-5-6-20-14/h3-6,11-12,16H,7-9H2,1-2H3. The van der Waals surface area contributed by atoms with Crippen molar-refractivity contribution in [3.8, 4) is 0 Å². The van der Waals surface area contributed by atoms with E-state index in [2.05, 4.69) is 32.3 Å². The van der Waals surface area contributed by atoms with Gasteiger partial charge in [-0.3, -0.25) is 0 Å². The quantitative estimate of drug-likeness (QED) is 0.913. The van der Waals surface area contributed by atoms with Crippen molar-refractivity contribution in [2.75, 3.05) is 24.5 Å². The molecule has 106 valence electrons. The number of nitrogens with one attached hydrogen (secondary N) is 1. The molecule has 0 amide bonds. The van der Waals surface area contributed by atoms with E-state index in [1.165, 1.54) is 0 Å². The first-order valence-corrected chi connectivity index (χ1v) is 7.78. The Kier molecular flexibility index (Phi) is 3.93. The lowest BCUT2D eigenvalue weighted by atomic mass is 10.00. The third-order valence-corrected chi connectivity index (χ3v) is 4.56. The van der Waals surface area contributed by atoms with Crippen molar-refractivity contribution in [1.29, 1.82) is 0 Å². The largest absolute Gasteiger partial charge is 0.354 e. The number of rotatable bonds is 5. The molecule has 0 radical (unpaired) electrons. The first kappa shape index (κ1) is 13.5. The minimum Gasteiger partial charge on any atom is -0.354 e. The van der Waals surface area contributed by atoms with Crippen LogP contribution in [0.5, 0.6) is 0 Å². The van der Waals surface area contributed by atoms with Gasteiger partial charge < -0.3 is 10.2 Å². The average molecular weight is 289 g/mol. The highest BCUT2D eigenvalue weighted by Crippen LogP contribution is 2.22. The van der Waals surface area contributed by atoms with E-state index in [0.29, 0.717) is 12.0 Å². The number of hydrogen-bond donors (Lipinski definition) is 1. The fourth-order valence-electron chi connectivity index (χ4n) is 2.33. The van der Waals surface area contributed by atoms with Gasteiger partial charge in [0, 0.05) is 37.1 Å². The molecule has 1 N–H and O–H groups in total. The second kappa shape index (κ2) is 5.85. The maximum absolute atomic E-state index is 4.34. The Balaban J connectivity index is 1.43. The van der Waals surface area contributed by atoms with Gasteiger partial charge in [-0.25, -0.2) is 4.98 Å². The second-order valence-corrected chi connectivity index (χ2v) is 6.23. The van der Waals surface area contributed by atoms with E-state index in [4.69, 9.17) is 0 Å². The molecular weight excluding hydrogens is 270 g/mol. The Bertz CT molecular complexity index is 533. The molecule has 3 rings (SSSR count). The summed E-state index contributed by atoms with van der Waals surface area (Å²) in [5, 5.41) is 15.1. The molecule has 5 nitrogen and oxygen atoms in total. The molecule has 0 bridgehead atoms. The van der Waals surface area contributed by atoms with Crippen LogP contribution in [0, 0.1) is 12.8 Å². The summed E-state index contributed by atoms with van der Waals surface area (Å²) in [6.45, 7) is 7.25. The van der Waals surface area contributed by atoms with Gasteiger partial charge in [0.15, 0.2) is 5.82 Å². The van der Waals surface area contributed by atoms with Crippen molar-refractivity contribution < 1.29 is 0 Å². The van der Waals surface area contributed by atoms with Gasteiger partial charge in [0.1, 0.15) is 5.01 Å². The molecule has 0 spiro atoms. The highest BCUT2D eigenvalue weighted by atomic mass is 32.1. The summed E-state index contributed by atoms with van der Waals surface area (Å²) in [7, 11) is 0. The fourth-order valence-corrected chi connectivity index (χ4v) is 3.00. The average Bonchev–Trinajstić information content (AvgIpc) is 2.92. The zero-order chi connectivity index (χ0) is 13.9. The highest BCUT2D eigenvalue weighted by molar-refractivity contribution is 7.09. The van der Waals surface area contributed by atoms with Crippen LogP contribution in [-0.4, -0.2) is 34.8 Å². The smallest absolute Gasteiger partial charge is 0.151 e. The maximum Gasteiger partial charge on any atom is 0.151 e. The van der Waals surface area contributed by atoms with Crippen LogP contribution in [0.15, 0.2) is 23.7 Å². The Hall–Kier alpha value is -1.53. The van der Waals surface area contributed by atoms with Gasteiger partial charge in [-0.15, -0.1) is 16.4 Å². The molecule has 1 unspecified atom stereocenters. The number of aromatic nitrogens is 3. The van der Waals surface area contributed by atoms with Crippen molar-refractivity contribution in [3.05, 3.63) is 34.4 Å². The molecular formula is C14H19N5S. The van der Waals surface area contributed by atoms with Crippen LogP contribution >= 0.6 is 11.3 Å². The summed E-state index contributed by atoms with van der Waals surface area (Å²) in [5.74, 6) is 1.67. The van der Waals surface area contributed by atoms with Crippen molar-refractivity contribution in [3.63, 3.8) is 0 Å². The Morgan fingerprint density at radius 3 is 2.90 bits per heavy atom. The molecule has 0 aromatic carbocycles. The van der Waals surface area contributed by atoms with Crippen molar-refractivity contribution in [2.45, 2.75) is 19.9 Å². The van der Waals surface area contributed by atoms with Crippen molar-refractivity contribution in [2.24, 2.45) is 5.92 Å². The Morgan fingerprint density at radius 2 is 2.25 bits per heavy atom. The van der Waals surface area contributed by atoms with Crippen LogP contribution in [0.1, 0.15) is 23.7 Å². The normalized spacial score (nSPS) is 17.0. The summed E-state index contributed by atoms with van der Waals surface area (Å²) >= 11 is 1.70. The lowest BCUT2D eigenvalue weighted by Crippen LogP contribution is -2.51. The van der Waals surface area contributed by atoms with Crippen LogP contribution in [0.2, 0.25) is 0 Å². The predicted octanol–water partition coefficient (Wildman–Crippen LogP) is 2.03. The third kappa shape index (κ3) is 2.96. The predicted molar refractivity (Wildman–Crippen MR) is 81.0 cm³/mol. The number of aryl methyl sites for hydroxylation is 1. The first-order chi connectivity index (χ1) is 9.72. The lowest BCUT2D eigenvalue weighted by Gasteiger charge is -2.40. The molecule has 0 saturated carbocycles. The van der Waals surface area contributed by atoms with Crippen LogP contribution in [0.4, 0.5) is 5.82 Å². The van der Waals surface area contributed by atoms with Crippen LogP contribution in [-0.2, 0) is 0 Å². The number of nitrogens with zero attached hydrogens (tertiary/aromatic N) is 4. The maximum atomic E-state index is 4.34. The molecule has 20 heavy (non-hydrogen) atoms. The topological polar surface area (TPSA) is 53.9 Å². The van der Waals surface area contributed by atoms with Crippen LogP contribution < -0.4 is 10.2 Å². The van der Waals surface area contributed by atoms with Crippen LogP contribution in [0.25, 0.3) is 0 Å². The van der Waals surface area contributed by atoms with Gasteiger partial charge in [0.25, 0.3) is 0 Å². The molecule has 1 aliphatic heterocycles. The van der Waals surface area contributed by atoms with Gasteiger partial charge in [-0.2, -0.15) is 5.10 Å². The van der Waals surface area contributed by atoms with Crippen molar-refractivity contribution in [1.82, 2.24) is 20.5 Å². The molecule has 1 aliphatic rings. The Labute approximate surface area is 123 Å². The fraction of sp³-hybridized carbons (Fsp3) is 0.500. The number of thiazole rings is 1. The molecule has 1 atom stereocenters. The lowest BCUT2D eigenvalue weighted by molar-refractivity contribution is 0.366. The third-order valence-electron chi connectivity index (χ3n) is 3.60. The van der Waals surface area contributed by atoms with E-state index in [1.807, 2.05) is 30.6 Å². The van der Waals surface area contributed by atoms with Gasteiger partial charge in [-0.05, 0) is 26.0 Å². The van der Waals surface area contributed by atoms with E-state index in [0.717, 1.165) is 36.2 Å². The van der Waals surface area contributed by atoms with E-state index >= 15 is 0 Å². The molecule has 3 heterocycles. The minimum absolute atomic E-state index is 0.336. The number of hydrogen-bond acceptors (Lipinski definition) is 6.